The molecule has 0 amide bonds. The summed E-state index contributed by atoms with van der Waals surface area (Å²) in [5, 5.41) is 9.05. The van der Waals surface area contributed by atoms with E-state index in [-0.39, 0.29) is 17.4 Å². The van der Waals surface area contributed by atoms with Crippen molar-refractivity contribution < 1.29 is 18.3 Å². The first-order valence-corrected chi connectivity index (χ1v) is 5.91. The van der Waals surface area contributed by atoms with Gasteiger partial charge in [-0.15, -0.1) is 0 Å². The van der Waals surface area contributed by atoms with Crippen molar-refractivity contribution in [2.75, 3.05) is 19.9 Å². The van der Waals surface area contributed by atoms with Gasteiger partial charge in [-0.1, -0.05) is 0 Å². The number of phenolic OH excluding ortho intramolecular Hbond substituents is 1. The summed E-state index contributed by atoms with van der Waals surface area (Å²) in [5.74, 6) is 0.0478. The van der Waals surface area contributed by atoms with E-state index >= 15 is 0 Å². The van der Waals surface area contributed by atoms with Crippen molar-refractivity contribution in [3.8, 4) is 5.75 Å². The molecule has 82 valence electrons. The van der Waals surface area contributed by atoms with Crippen LogP contribution in [0.1, 0.15) is 0 Å². The molecule has 1 aromatic carbocycles. The van der Waals surface area contributed by atoms with Gasteiger partial charge in [0.1, 0.15) is 12.5 Å². The molecule has 0 spiro atoms. The molecule has 0 bridgehead atoms. The molecule has 1 saturated heterocycles. The average Bonchev–Trinajstić information content (AvgIpc) is 2.71. The van der Waals surface area contributed by atoms with Crippen LogP contribution in [-0.4, -0.2) is 37.7 Å². The van der Waals surface area contributed by atoms with E-state index in [1.807, 2.05) is 0 Å². The molecule has 1 heterocycles. The van der Waals surface area contributed by atoms with Crippen LogP contribution in [0.15, 0.2) is 29.2 Å². The highest BCUT2D eigenvalue weighted by Crippen LogP contribution is 2.20. The minimum absolute atomic E-state index is 0.0478. The maximum atomic E-state index is 11.9. The van der Waals surface area contributed by atoms with Crippen LogP contribution in [0.5, 0.6) is 5.75 Å². The predicted molar refractivity (Wildman–Crippen MR) is 52.8 cm³/mol. The van der Waals surface area contributed by atoms with Gasteiger partial charge in [0.15, 0.2) is 0 Å². The van der Waals surface area contributed by atoms with Crippen LogP contribution >= 0.6 is 0 Å². The summed E-state index contributed by atoms with van der Waals surface area (Å²) in [7, 11) is -3.46. The number of hydrogen-bond acceptors (Lipinski definition) is 4. The van der Waals surface area contributed by atoms with Gasteiger partial charge in [0.05, 0.1) is 11.5 Å². The van der Waals surface area contributed by atoms with Crippen LogP contribution < -0.4 is 0 Å². The molecule has 15 heavy (non-hydrogen) atoms. The number of benzene rings is 1. The monoisotopic (exact) mass is 229 g/mol. The molecule has 0 saturated carbocycles. The molecule has 0 unspecified atom stereocenters. The van der Waals surface area contributed by atoms with E-state index in [9.17, 15) is 8.42 Å². The minimum atomic E-state index is -3.46. The number of sulfonamides is 1. The second-order valence-electron chi connectivity index (χ2n) is 3.21. The zero-order valence-corrected chi connectivity index (χ0v) is 8.77. The quantitative estimate of drug-likeness (QED) is 0.795. The molecule has 5 nitrogen and oxygen atoms in total. The van der Waals surface area contributed by atoms with Crippen LogP contribution in [0.3, 0.4) is 0 Å². The van der Waals surface area contributed by atoms with Crippen LogP contribution in [0.4, 0.5) is 0 Å². The van der Waals surface area contributed by atoms with Gasteiger partial charge in [-0.25, -0.2) is 8.42 Å². The maximum absolute atomic E-state index is 11.9. The molecule has 0 aliphatic carbocycles. The summed E-state index contributed by atoms with van der Waals surface area (Å²) >= 11 is 0. The van der Waals surface area contributed by atoms with Crippen LogP contribution in [0.2, 0.25) is 0 Å². The van der Waals surface area contributed by atoms with Gasteiger partial charge in [-0.3, -0.25) is 0 Å². The van der Waals surface area contributed by atoms with Crippen molar-refractivity contribution in [3.05, 3.63) is 24.3 Å². The standard InChI is InChI=1S/C9H11NO4S/c11-8-1-3-9(4-2-8)15(12,13)10-5-6-14-7-10/h1-4,11H,5-7H2. The lowest BCUT2D eigenvalue weighted by molar-refractivity contribution is 0.172. The highest BCUT2D eigenvalue weighted by molar-refractivity contribution is 7.89. The fraction of sp³-hybridized carbons (Fsp3) is 0.333. The van der Waals surface area contributed by atoms with E-state index in [0.717, 1.165) is 0 Å². The van der Waals surface area contributed by atoms with E-state index in [1.165, 1.54) is 28.6 Å². The summed E-state index contributed by atoms with van der Waals surface area (Å²) in [4.78, 5) is 0.172. The zero-order valence-electron chi connectivity index (χ0n) is 7.96. The molecule has 1 N–H and O–H groups in total. The van der Waals surface area contributed by atoms with E-state index < -0.39 is 10.0 Å². The van der Waals surface area contributed by atoms with Gasteiger partial charge >= 0.3 is 0 Å². The number of ether oxygens (including phenoxy) is 1. The fourth-order valence-electron chi connectivity index (χ4n) is 1.35. The van der Waals surface area contributed by atoms with Gasteiger partial charge in [-0.05, 0) is 24.3 Å². The average molecular weight is 229 g/mol. The topological polar surface area (TPSA) is 66.8 Å². The summed E-state index contributed by atoms with van der Waals surface area (Å²) in [6.45, 7) is 0.906. The second kappa shape index (κ2) is 3.80. The Kier molecular flexibility index (Phi) is 2.64. The Hall–Kier alpha value is -1.11. The first kappa shape index (κ1) is 10.4. The van der Waals surface area contributed by atoms with Crippen molar-refractivity contribution >= 4 is 10.0 Å². The molecular formula is C9H11NO4S. The molecule has 0 atom stereocenters. The summed E-state index contributed by atoms with van der Waals surface area (Å²) in [5.41, 5.74) is 0. The number of aromatic hydroxyl groups is 1. The molecule has 0 radical (unpaired) electrons. The van der Waals surface area contributed by atoms with Crippen molar-refractivity contribution in [1.82, 2.24) is 4.31 Å². The van der Waals surface area contributed by atoms with Gasteiger partial charge in [0.25, 0.3) is 0 Å². The number of nitrogens with zero attached hydrogens (tertiary/aromatic N) is 1. The molecule has 1 fully saturated rings. The Bertz CT molecular complexity index is 434. The van der Waals surface area contributed by atoms with Gasteiger partial charge in [0.2, 0.25) is 10.0 Å². The lowest BCUT2D eigenvalue weighted by Crippen LogP contribution is -2.28. The number of hydrogen-bond donors (Lipinski definition) is 1. The predicted octanol–water partition coefficient (Wildman–Crippen LogP) is 0.371. The summed E-state index contributed by atoms with van der Waals surface area (Å²) < 4.78 is 30.1. The Balaban J connectivity index is 2.32. The van der Waals surface area contributed by atoms with Crippen molar-refractivity contribution in [2.24, 2.45) is 0 Å². The van der Waals surface area contributed by atoms with Gasteiger partial charge in [0, 0.05) is 6.54 Å². The molecule has 6 heteroatoms. The van der Waals surface area contributed by atoms with Gasteiger partial charge < -0.3 is 9.84 Å². The van der Waals surface area contributed by atoms with Crippen molar-refractivity contribution in [3.63, 3.8) is 0 Å². The Morgan fingerprint density at radius 3 is 2.47 bits per heavy atom. The smallest absolute Gasteiger partial charge is 0.245 e. The van der Waals surface area contributed by atoms with E-state index in [2.05, 4.69) is 0 Å². The fourth-order valence-corrected chi connectivity index (χ4v) is 2.66. The SMILES string of the molecule is O=S(=O)(c1ccc(O)cc1)N1CCOC1. The first-order valence-electron chi connectivity index (χ1n) is 4.47. The summed E-state index contributed by atoms with van der Waals surface area (Å²) in [6, 6.07) is 5.46. The third-order valence-corrected chi connectivity index (χ3v) is 4.03. The normalized spacial score (nSPS) is 18.1. The largest absolute Gasteiger partial charge is 0.508 e. The highest BCUT2D eigenvalue weighted by atomic mass is 32.2. The van der Waals surface area contributed by atoms with Crippen LogP contribution in [0.25, 0.3) is 0 Å². The molecule has 1 aliphatic rings. The maximum Gasteiger partial charge on any atom is 0.245 e. The van der Waals surface area contributed by atoms with Crippen molar-refractivity contribution in [1.29, 1.82) is 0 Å². The lowest BCUT2D eigenvalue weighted by atomic mass is 10.3. The van der Waals surface area contributed by atoms with Crippen molar-refractivity contribution in [2.45, 2.75) is 4.90 Å². The second-order valence-corrected chi connectivity index (χ2v) is 5.15. The number of phenols is 1. The van der Waals surface area contributed by atoms with Gasteiger partial charge in [-0.2, -0.15) is 4.31 Å². The van der Waals surface area contributed by atoms with Crippen LogP contribution in [-0.2, 0) is 14.8 Å². The molecule has 2 rings (SSSR count). The van der Waals surface area contributed by atoms with Crippen LogP contribution in [0, 0.1) is 0 Å². The highest BCUT2D eigenvalue weighted by Gasteiger charge is 2.27. The van der Waals surface area contributed by atoms with E-state index in [1.54, 1.807) is 0 Å². The lowest BCUT2D eigenvalue weighted by Gasteiger charge is -2.13. The zero-order chi connectivity index (χ0) is 10.9. The number of rotatable bonds is 2. The Morgan fingerprint density at radius 1 is 1.27 bits per heavy atom. The van der Waals surface area contributed by atoms with E-state index in [4.69, 9.17) is 9.84 Å². The Labute approximate surface area is 87.9 Å². The minimum Gasteiger partial charge on any atom is -0.508 e. The van der Waals surface area contributed by atoms with E-state index in [0.29, 0.717) is 13.2 Å². The Morgan fingerprint density at radius 2 is 1.93 bits per heavy atom. The third kappa shape index (κ3) is 1.97. The summed E-state index contributed by atoms with van der Waals surface area (Å²) in [6.07, 6.45) is 0. The molecule has 0 aromatic heterocycles. The molecular weight excluding hydrogens is 218 g/mol. The first-order chi connectivity index (χ1) is 7.10. The molecule has 1 aromatic rings. The third-order valence-electron chi connectivity index (χ3n) is 2.19. The molecule has 1 aliphatic heterocycles.